The minimum atomic E-state index is -1.05. The number of esters is 1. The summed E-state index contributed by atoms with van der Waals surface area (Å²) in [5, 5.41) is 8.29. The summed E-state index contributed by atoms with van der Waals surface area (Å²) in [7, 11) is 0. The van der Waals surface area contributed by atoms with Crippen molar-refractivity contribution < 1.29 is 29.0 Å². The lowest BCUT2D eigenvalue weighted by Crippen LogP contribution is -2.34. The summed E-state index contributed by atoms with van der Waals surface area (Å²) < 4.78 is 4.72. The number of thioether (sulfide) groups is 1. The lowest BCUT2D eigenvalue weighted by atomic mass is 10.1. The van der Waals surface area contributed by atoms with Crippen LogP contribution in [-0.2, 0) is 14.3 Å². The van der Waals surface area contributed by atoms with E-state index in [9.17, 15) is 19.2 Å². The molecule has 1 aliphatic rings. The van der Waals surface area contributed by atoms with E-state index in [1.165, 1.54) is 30.3 Å². The van der Waals surface area contributed by atoms with Gasteiger partial charge in [-0.3, -0.25) is 19.3 Å². The van der Waals surface area contributed by atoms with E-state index in [2.05, 4.69) is 0 Å². The fraction of sp³-hybridized carbons (Fsp3) is 0.200. The molecule has 0 saturated carbocycles. The van der Waals surface area contributed by atoms with Crippen molar-refractivity contribution in [3.63, 3.8) is 0 Å². The van der Waals surface area contributed by atoms with Gasteiger partial charge in [0, 0.05) is 0 Å². The van der Waals surface area contributed by atoms with Crippen molar-refractivity contribution in [2.75, 3.05) is 13.2 Å². The molecule has 1 N–H and O–H groups in total. The topological polar surface area (TPSA) is 101 Å². The van der Waals surface area contributed by atoms with Crippen molar-refractivity contribution in [3.8, 4) is 0 Å². The highest BCUT2D eigenvalue weighted by Gasteiger charge is 2.36. The van der Waals surface area contributed by atoms with Gasteiger partial charge in [-0.15, -0.1) is 0 Å². The molecule has 1 fully saturated rings. The molecule has 0 radical (unpaired) electrons. The number of carboxylic acids is 1. The number of hydrogen-bond acceptors (Lipinski definition) is 6. The number of hydrogen-bond donors (Lipinski definition) is 1. The fourth-order valence-corrected chi connectivity index (χ4v) is 2.68. The van der Waals surface area contributed by atoms with Crippen molar-refractivity contribution in [1.82, 2.24) is 4.90 Å². The van der Waals surface area contributed by atoms with E-state index in [1.807, 2.05) is 0 Å². The molecule has 0 aromatic heterocycles. The molecule has 23 heavy (non-hydrogen) atoms. The first-order valence-electron chi connectivity index (χ1n) is 6.66. The zero-order chi connectivity index (χ0) is 17.0. The summed E-state index contributed by atoms with van der Waals surface area (Å²) in [6, 6.07) is 5.86. The molecule has 1 aromatic rings. The molecule has 1 aliphatic heterocycles. The molecule has 1 aromatic carbocycles. The Morgan fingerprint density at radius 3 is 2.48 bits per heavy atom. The molecule has 1 heterocycles. The molecule has 7 nitrogen and oxygen atoms in total. The number of carbonyl (C=O) groups is 4. The highest BCUT2D eigenvalue weighted by molar-refractivity contribution is 8.18. The number of rotatable bonds is 5. The van der Waals surface area contributed by atoms with Crippen LogP contribution in [0.25, 0.3) is 6.08 Å². The molecule has 8 heteroatoms. The van der Waals surface area contributed by atoms with Gasteiger partial charge in [-0.25, -0.2) is 4.79 Å². The molecular weight excluding hydrogens is 322 g/mol. The lowest BCUT2D eigenvalue weighted by molar-refractivity contribution is -0.145. The first kappa shape index (κ1) is 16.8. The zero-order valence-electron chi connectivity index (χ0n) is 12.1. The second-order valence-corrected chi connectivity index (χ2v) is 5.49. The van der Waals surface area contributed by atoms with E-state index in [-0.39, 0.29) is 17.1 Å². The lowest BCUT2D eigenvalue weighted by Gasteiger charge is -2.10. The van der Waals surface area contributed by atoms with Crippen molar-refractivity contribution >= 4 is 40.9 Å². The maximum Gasteiger partial charge on any atom is 0.335 e. The van der Waals surface area contributed by atoms with E-state index in [1.54, 1.807) is 6.92 Å². The van der Waals surface area contributed by atoms with Crippen molar-refractivity contribution in [3.05, 3.63) is 40.3 Å². The second-order valence-electron chi connectivity index (χ2n) is 4.50. The summed E-state index contributed by atoms with van der Waals surface area (Å²) in [4.78, 5) is 47.1. The van der Waals surface area contributed by atoms with E-state index >= 15 is 0 Å². The van der Waals surface area contributed by atoms with Gasteiger partial charge >= 0.3 is 11.9 Å². The smallest absolute Gasteiger partial charge is 0.335 e. The van der Waals surface area contributed by atoms with Crippen molar-refractivity contribution in [2.24, 2.45) is 0 Å². The van der Waals surface area contributed by atoms with Crippen LogP contribution in [-0.4, -0.2) is 46.2 Å². The molecule has 120 valence electrons. The highest BCUT2D eigenvalue weighted by Crippen LogP contribution is 2.32. The van der Waals surface area contributed by atoms with Gasteiger partial charge in [-0.05, 0) is 42.5 Å². The van der Waals surface area contributed by atoms with E-state index < -0.39 is 29.6 Å². The van der Waals surface area contributed by atoms with Gasteiger partial charge in [0.05, 0.1) is 17.1 Å². The van der Waals surface area contributed by atoms with E-state index in [0.29, 0.717) is 5.56 Å². The Kier molecular flexibility index (Phi) is 5.17. The molecule has 2 rings (SSSR count). The van der Waals surface area contributed by atoms with Gasteiger partial charge in [-0.1, -0.05) is 12.1 Å². The zero-order valence-corrected chi connectivity index (χ0v) is 13.0. The number of aromatic carboxylic acids is 1. The molecule has 0 bridgehead atoms. The third-order valence-electron chi connectivity index (χ3n) is 2.92. The minimum Gasteiger partial charge on any atom is -0.478 e. The molecule has 0 spiro atoms. The number of nitrogens with zero attached hydrogens (tertiary/aromatic N) is 1. The molecule has 2 amide bonds. The minimum absolute atomic E-state index is 0.123. The first-order valence-corrected chi connectivity index (χ1v) is 7.48. The SMILES string of the molecule is CCOC(=O)CN1C(=O)S/C(=C\c2ccc(C(=O)O)cc2)C1=O. The van der Waals surface area contributed by atoms with Crippen LogP contribution in [0.1, 0.15) is 22.8 Å². The number of carbonyl (C=O) groups excluding carboxylic acids is 3. The Hall–Kier alpha value is -2.61. The average Bonchev–Trinajstić information content (AvgIpc) is 2.76. The van der Waals surface area contributed by atoms with Crippen LogP contribution >= 0.6 is 11.8 Å². The van der Waals surface area contributed by atoms with Gasteiger partial charge in [0.15, 0.2) is 0 Å². The molecule has 0 atom stereocenters. The van der Waals surface area contributed by atoms with Crippen LogP contribution in [0, 0.1) is 0 Å². The van der Waals surface area contributed by atoms with Crippen LogP contribution in [0.4, 0.5) is 4.79 Å². The van der Waals surface area contributed by atoms with Gasteiger partial charge in [-0.2, -0.15) is 0 Å². The predicted molar refractivity (Wildman–Crippen MR) is 82.7 cm³/mol. The normalized spacial score (nSPS) is 16.0. The molecule has 0 unspecified atom stereocenters. The molecular formula is C15H13NO6S. The average molecular weight is 335 g/mol. The second kappa shape index (κ2) is 7.10. The van der Waals surface area contributed by atoms with Gasteiger partial charge < -0.3 is 9.84 Å². The summed E-state index contributed by atoms with van der Waals surface area (Å²) in [6.45, 7) is 1.38. The Labute approximate surface area is 135 Å². The summed E-state index contributed by atoms with van der Waals surface area (Å²) in [6.07, 6.45) is 1.47. The Morgan fingerprint density at radius 1 is 1.26 bits per heavy atom. The van der Waals surface area contributed by atoms with Gasteiger partial charge in [0.1, 0.15) is 6.54 Å². The number of amides is 2. The number of ether oxygens (including phenoxy) is 1. The van der Waals surface area contributed by atoms with Crippen LogP contribution in [0.5, 0.6) is 0 Å². The van der Waals surface area contributed by atoms with Crippen molar-refractivity contribution in [2.45, 2.75) is 6.92 Å². The Balaban J connectivity index is 2.14. The van der Waals surface area contributed by atoms with Crippen LogP contribution in [0.15, 0.2) is 29.2 Å². The molecule has 1 saturated heterocycles. The van der Waals surface area contributed by atoms with E-state index in [4.69, 9.17) is 9.84 Å². The highest BCUT2D eigenvalue weighted by atomic mass is 32.2. The quantitative estimate of drug-likeness (QED) is 0.648. The molecule has 0 aliphatic carbocycles. The monoisotopic (exact) mass is 335 g/mol. The standard InChI is InChI=1S/C15H13NO6S/c1-2-22-12(17)8-16-13(18)11(23-15(16)21)7-9-3-5-10(6-4-9)14(19)20/h3-7H,2,8H2,1H3,(H,19,20)/b11-7-. The third kappa shape index (κ3) is 3.98. The Bertz CT molecular complexity index is 694. The van der Waals surface area contributed by atoms with Gasteiger partial charge in [0.25, 0.3) is 11.1 Å². The van der Waals surface area contributed by atoms with Crippen molar-refractivity contribution in [1.29, 1.82) is 0 Å². The largest absolute Gasteiger partial charge is 0.478 e. The maximum absolute atomic E-state index is 12.1. The van der Waals surface area contributed by atoms with E-state index in [0.717, 1.165) is 16.7 Å². The fourth-order valence-electron chi connectivity index (χ4n) is 1.85. The number of carboxylic acid groups (broad SMARTS) is 1. The third-order valence-corrected chi connectivity index (χ3v) is 3.83. The maximum atomic E-state index is 12.1. The van der Waals surface area contributed by atoms with Crippen LogP contribution in [0.3, 0.4) is 0 Å². The summed E-state index contributed by atoms with van der Waals surface area (Å²) in [5.74, 6) is -2.27. The van der Waals surface area contributed by atoms with Crippen LogP contribution in [0.2, 0.25) is 0 Å². The summed E-state index contributed by atoms with van der Waals surface area (Å²) >= 11 is 0.722. The van der Waals surface area contributed by atoms with Crippen LogP contribution < -0.4 is 0 Å². The summed E-state index contributed by atoms with van der Waals surface area (Å²) in [5.41, 5.74) is 0.703. The first-order chi connectivity index (χ1) is 10.9. The predicted octanol–water partition coefficient (Wildman–Crippen LogP) is 1.98. The number of imide groups is 1. The van der Waals surface area contributed by atoms with Gasteiger partial charge in [0.2, 0.25) is 0 Å². The Morgan fingerprint density at radius 2 is 1.91 bits per heavy atom. The number of benzene rings is 1.